The van der Waals surface area contributed by atoms with Crippen molar-refractivity contribution in [2.24, 2.45) is 11.7 Å². The Bertz CT molecular complexity index is 173. The average Bonchev–Trinajstić information content (AvgIpc) is 2.70. The summed E-state index contributed by atoms with van der Waals surface area (Å²) in [5, 5.41) is 3.64. The van der Waals surface area contributed by atoms with Gasteiger partial charge in [0.25, 0.3) is 0 Å². The Kier molecular flexibility index (Phi) is 7.01. The molecule has 3 heteroatoms. The predicted octanol–water partition coefficient (Wildman–Crippen LogP) is 1.91. The van der Waals surface area contributed by atoms with Crippen LogP contribution in [0.15, 0.2) is 0 Å². The van der Waals surface area contributed by atoms with Gasteiger partial charge in [0.15, 0.2) is 0 Å². The van der Waals surface area contributed by atoms with E-state index in [1.54, 1.807) is 0 Å². The van der Waals surface area contributed by atoms with Gasteiger partial charge in [-0.3, -0.25) is 0 Å². The molecule has 3 nitrogen and oxygen atoms in total. The van der Waals surface area contributed by atoms with Gasteiger partial charge in [0.2, 0.25) is 0 Å². The molecular weight excluding hydrogens is 200 g/mol. The van der Waals surface area contributed by atoms with Crippen molar-refractivity contribution in [1.29, 1.82) is 0 Å². The smallest absolute Gasteiger partial charge is 0.0518 e. The Morgan fingerprint density at radius 2 is 2.12 bits per heavy atom. The van der Waals surface area contributed by atoms with Crippen LogP contribution < -0.4 is 11.1 Å². The van der Waals surface area contributed by atoms with Crippen molar-refractivity contribution in [2.75, 3.05) is 19.7 Å². The summed E-state index contributed by atoms with van der Waals surface area (Å²) in [5.41, 5.74) is 5.75. The van der Waals surface area contributed by atoms with Crippen LogP contribution in [0.2, 0.25) is 0 Å². The molecule has 96 valence electrons. The van der Waals surface area contributed by atoms with Gasteiger partial charge < -0.3 is 15.8 Å². The third-order valence-corrected chi connectivity index (χ3v) is 3.39. The fourth-order valence-corrected chi connectivity index (χ4v) is 2.42. The highest BCUT2D eigenvalue weighted by Crippen LogP contribution is 2.24. The highest BCUT2D eigenvalue weighted by atomic mass is 16.5. The van der Waals surface area contributed by atoms with E-state index in [2.05, 4.69) is 19.2 Å². The summed E-state index contributed by atoms with van der Waals surface area (Å²) >= 11 is 0. The van der Waals surface area contributed by atoms with Gasteiger partial charge >= 0.3 is 0 Å². The molecule has 0 bridgehead atoms. The lowest BCUT2D eigenvalue weighted by Crippen LogP contribution is -2.36. The number of ether oxygens (including phenoxy) is 1. The van der Waals surface area contributed by atoms with Gasteiger partial charge in [-0.25, -0.2) is 0 Å². The topological polar surface area (TPSA) is 47.3 Å². The van der Waals surface area contributed by atoms with Crippen LogP contribution in [-0.2, 0) is 4.74 Å². The van der Waals surface area contributed by atoms with Crippen molar-refractivity contribution in [1.82, 2.24) is 5.32 Å². The zero-order chi connectivity index (χ0) is 11.8. The van der Waals surface area contributed by atoms with Crippen molar-refractivity contribution < 1.29 is 4.74 Å². The highest BCUT2D eigenvalue weighted by molar-refractivity contribution is 4.83. The molecule has 0 spiro atoms. The molecule has 0 aromatic heterocycles. The fraction of sp³-hybridized carbons (Fsp3) is 1.00. The normalized spacial score (nSPS) is 25.5. The van der Waals surface area contributed by atoms with E-state index in [1.807, 2.05) is 0 Å². The summed E-state index contributed by atoms with van der Waals surface area (Å²) in [4.78, 5) is 0. The van der Waals surface area contributed by atoms with Crippen LogP contribution >= 0.6 is 0 Å². The van der Waals surface area contributed by atoms with Crippen LogP contribution in [0, 0.1) is 5.92 Å². The van der Waals surface area contributed by atoms with Gasteiger partial charge in [0.05, 0.1) is 6.10 Å². The second-order valence-electron chi connectivity index (χ2n) is 5.11. The number of hydrogen-bond donors (Lipinski definition) is 2. The molecule has 2 atom stereocenters. The van der Waals surface area contributed by atoms with Crippen LogP contribution in [-0.4, -0.2) is 31.8 Å². The maximum absolute atomic E-state index is 5.75. The molecule has 3 N–H and O–H groups in total. The van der Waals surface area contributed by atoms with E-state index in [-0.39, 0.29) is 0 Å². The second-order valence-corrected chi connectivity index (χ2v) is 5.11. The van der Waals surface area contributed by atoms with Crippen molar-refractivity contribution in [2.45, 2.75) is 58.1 Å². The molecule has 0 aromatic carbocycles. The first-order chi connectivity index (χ1) is 7.74. The first-order valence-corrected chi connectivity index (χ1v) is 6.79. The van der Waals surface area contributed by atoms with Gasteiger partial charge in [0, 0.05) is 12.6 Å². The van der Waals surface area contributed by atoms with Crippen LogP contribution in [0.5, 0.6) is 0 Å². The van der Waals surface area contributed by atoms with Gasteiger partial charge in [-0.2, -0.15) is 0 Å². The average molecular weight is 228 g/mol. The third-order valence-electron chi connectivity index (χ3n) is 3.39. The summed E-state index contributed by atoms with van der Waals surface area (Å²) in [7, 11) is 0. The third kappa shape index (κ3) is 5.28. The lowest BCUT2D eigenvalue weighted by atomic mass is 10.0. The van der Waals surface area contributed by atoms with Crippen molar-refractivity contribution in [3.8, 4) is 0 Å². The number of hydrogen-bond acceptors (Lipinski definition) is 3. The van der Waals surface area contributed by atoms with E-state index >= 15 is 0 Å². The molecule has 0 saturated heterocycles. The van der Waals surface area contributed by atoms with E-state index in [0.717, 1.165) is 26.1 Å². The van der Waals surface area contributed by atoms with Gasteiger partial charge in [-0.15, -0.1) is 0 Å². The summed E-state index contributed by atoms with van der Waals surface area (Å²) in [5.74, 6) is 0.715. The summed E-state index contributed by atoms with van der Waals surface area (Å²) < 4.78 is 5.51. The molecule has 0 amide bonds. The number of rotatable bonds is 8. The summed E-state index contributed by atoms with van der Waals surface area (Å²) in [6.07, 6.45) is 6.70. The Morgan fingerprint density at radius 3 is 2.81 bits per heavy atom. The van der Waals surface area contributed by atoms with E-state index in [9.17, 15) is 0 Å². The Morgan fingerprint density at radius 1 is 1.31 bits per heavy atom. The second kappa shape index (κ2) is 8.04. The summed E-state index contributed by atoms with van der Waals surface area (Å²) in [6.45, 7) is 7.02. The number of unbranched alkanes of at least 4 members (excludes halogenated alkanes) is 1. The zero-order valence-electron chi connectivity index (χ0n) is 10.9. The van der Waals surface area contributed by atoms with Crippen LogP contribution in [0.3, 0.4) is 0 Å². The monoisotopic (exact) mass is 228 g/mol. The molecular formula is C13H28N2O. The maximum atomic E-state index is 5.75. The molecule has 16 heavy (non-hydrogen) atoms. The Labute approximate surface area is 100 Å². The summed E-state index contributed by atoms with van der Waals surface area (Å²) in [6, 6.07) is 0.677. The molecule has 1 saturated carbocycles. The van der Waals surface area contributed by atoms with Gasteiger partial charge in [-0.1, -0.05) is 6.42 Å². The molecule has 1 fully saturated rings. The Balaban J connectivity index is 1.94. The largest absolute Gasteiger partial charge is 0.379 e. The minimum atomic E-state index is 0.365. The van der Waals surface area contributed by atoms with E-state index in [1.165, 1.54) is 25.7 Å². The highest BCUT2D eigenvalue weighted by Gasteiger charge is 2.24. The minimum absolute atomic E-state index is 0.365. The predicted molar refractivity (Wildman–Crippen MR) is 68.5 cm³/mol. The maximum Gasteiger partial charge on any atom is 0.0518 e. The van der Waals surface area contributed by atoms with Gasteiger partial charge in [0.1, 0.15) is 0 Å². The quantitative estimate of drug-likeness (QED) is 0.624. The minimum Gasteiger partial charge on any atom is -0.379 e. The van der Waals surface area contributed by atoms with Gasteiger partial charge in [-0.05, 0) is 58.5 Å². The van der Waals surface area contributed by atoms with Crippen molar-refractivity contribution in [3.05, 3.63) is 0 Å². The molecule has 0 radical (unpaired) electrons. The first kappa shape index (κ1) is 13.9. The van der Waals surface area contributed by atoms with Crippen LogP contribution in [0.4, 0.5) is 0 Å². The molecule has 0 aliphatic heterocycles. The molecule has 2 unspecified atom stereocenters. The molecule has 1 aliphatic rings. The van der Waals surface area contributed by atoms with Crippen molar-refractivity contribution >= 4 is 0 Å². The SMILES string of the molecule is CC(C)OCCCCNC1CCCC1CN. The van der Waals surface area contributed by atoms with E-state index < -0.39 is 0 Å². The standard InChI is InChI=1S/C13H28N2O/c1-11(2)16-9-4-3-8-15-13-7-5-6-12(13)10-14/h11-13,15H,3-10,14H2,1-2H3. The zero-order valence-corrected chi connectivity index (χ0v) is 10.9. The Hall–Kier alpha value is -0.120. The molecule has 0 heterocycles. The van der Waals surface area contributed by atoms with Crippen molar-refractivity contribution in [3.63, 3.8) is 0 Å². The lowest BCUT2D eigenvalue weighted by molar-refractivity contribution is 0.0759. The van der Waals surface area contributed by atoms with E-state index in [0.29, 0.717) is 18.1 Å². The van der Waals surface area contributed by atoms with Crippen LogP contribution in [0.25, 0.3) is 0 Å². The van der Waals surface area contributed by atoms with E-state index in [4.69, 9.17) is 10.5 Å². The fourth-order valence-electron chi connectivity index (χ4n) is 2.42. The van der Waals surface area contributed by atoms with Crippen LogP contribution in [0.1, 0.15) is 46.0 Å². The lowest BCUT2D eigenvalue weighted by Gasteiger charge is -2.19. The molecule has 1 rings (SSSR count). The number of nitrogens with one attached hydrogen (secondary N) is 1. The number of nitrogens with two attached hydrogens (primary N) is 1. The first-order valence-electron chi connectivity index (χ1n) is 6.79. The molecule has 0 aromatic rings. The molecule has 1 aliphatic carbocycles.